The van der Waals surface area contributed by atoms with Crippen molar-refractivity contribution in [2.24, 2.45) is 0 Å². The lowest BCUT2D eigenvalue weighted by Gasteiger charge is -2.38. The van der Waals surface area contributed by atoms with Crippen LogP contribution in [0.5, 0.6) is 0 Å². The molecule has 0 radical (unpaired) electrons. The Bertz CT molecular complexity index is 1060. The van der Waals surface area contributed by atoms with Gasteiger partial charge in [-0.05, 0) is 49.4 Å². The smallest absolute Gasteiger partial charge is 0.243 e. The third-order valence-electron chi connectivity index (χ3n) is 5.38. The molecule has 2 aromatic carbocycles. The summed E-state index contributed by atoms with van der Waals surface area (Å²) in [5.41, 5.74) is 1.88. The van der Waals surface area contributed by atoms with Crippen LogP contribution in [0, 0.1) is 17.5 Å². The van der Waals surface area contributed by atoms with Crippen molar-refractivity contribution in [1.82, 2.24) is 9.88 Å². The fourth-order valence-corrected chi connectivity index (χ4v) is 4.24. The van der Waals surface area contributed by atoms with E-state index in [0.717, 1.165) is 30.9 Å². The summed E-state index contributed by atoms with van der Waals surface area (Å²) in [5, 5.41) is 4.90. The first kappa shape index (κ1) is 21.3. The number of hydrogen-bond acceptors (Lipinski definition) is 5. The van der Waals surface area contributed by atoms with Crippen LogP contribution in [0.4, 0.5) is 24.0 Å². The molecule has 1 aliphatic rings. The second-order valence-electron chi connectivity index (χ2n) is 7.33. The fraction of sp³-hybridized carbons (Fsp3) is 0.273. The number of nitrogens with zero attached hydrogens (tertiary/aromatic N) is 3. The maximum atomic E-state index is 13.5. The minimum absolute atomic E-state index is 0.179. The molecule has 9 heteroatoms. The molecule has 3 aromatic rings. The van der Waals surface area contributed by atoms with Gasteiger partial charge in [0.2, 0.25) is 5.91 Å². The van der Waals surface area contributed by atoms with Crippen LogP contribution in [0.15, 0.2) is 47.8 Å². The van der Waals surface area contributed by atoms with E-state index in [-0.39, 0.29) is 17.8 Å². The maximum Gasteiger partial charge on any atom is 0.243 e. The lowest BCUT2D eigenvalue weighted by atomic mass is 10.2. The number of anilines is 2. The molecule has 1 N–H and O–H groups in total. The van der Waals surface area contributed by atoms with Crippen molar-refractivity contribution in [1.29, 1.82) is 0 Å². The number of benzene rings is 2. The average molecular weight is 446 g/mol. The van der Waals surface area contributed by atoms with E-state index in [4.69, 9.17) is 0 Å². The SMILES string of the molecule is CC(C(=O)Nc1nc(-c2ccc(F)c(F)c2)cs1)N1CCN(c2ccc(F)cc2)CC1. The van der Waals surface area contributed by atoms with Gasteiger partial charge in [-0.3, -0.25) is 9.69 Å². The zero-order valence-electron chi connectivity index (χ0n) is 16.8. The molecule has 1 amide bonds. The largest absolute Gasteiger partial charge is 0.369 e. The third-order valence-corrected chi connectivity index (χ3v) is 6.14. The normalized spacial score (nSPS) is 15.7. The van der Waals surface area contributed by atoms with Gasteiger partial charge in [-0.15, -0.1) is 11.3 Å². The predicted molar refractivity (Wildman–Crippen MR) is 116 cm³/mol. The van der Waals surface area contributed by atoms with Crippen molar-refractivity contribution in [2.75, 3.05) is 36.4 Å². The van der Waals surface area contributed by atoms with E-state index < -0.39 is 11.6 Å². The maximum absolute atomic E-state index is 13.5. The number of carbonyl (C=O) groups excluding carboxylic acids is 1. The van der Waals surface area contributed by atoms with Crippen molar-refractivity contribution >= 4 is 28.1 Å². The monoisotopic (exact) mass is 446 g/mol. The van der Waals surface area contributed by atoms with Crippen molar-refractivity contribution in [3.63, 3.8) is 0 Å². The molecule has 2 heterocycles. The number of carbonyl (C=O) groups is 1. The quantitative estimate of drug-likeness (QED) is 0.632. The van der Waals surface area contributed by atoms with Crippen molar-refractivity contribution in [3.8, 4) is 11.3 Å². The summed E-state index contributed by atoms with van der Waals surface area (Å²) in [4.78, 5) is 21.3. The van der Waals surface area contributed by atoms with Gasteiger partial charge in [-0.1, -0.05) is 0 Å². The molecule has 1 atom stereocenters. The highest BCUT2D eigenvalue weighted by atomic mass is 32.1. The first-order chi connectivity index (χ1) is 14.9. The van der Waals surface area contributed by atoms with E-state index >= 15 is 0 Å². The Hall–Kier alpha value is -2.91. The van der Waals surface area contributed by atoms with E-state index in [2.05, 4.69) is 20.1 Å². The Morgan fingerprint density at radius 1 is 1.03 bits per heavy atom. The number of piperazine rings is 1. The summed E-state index contributed by atoms with van der Waals surface area (Å²) >= 11 is 1.23. The van der Waals surface area contributed by atoms with E-state index in [9.17, 15) is 18.0 Å². The van der Waals surface area contributed by atoms with Gasteiger partial charge >= 0.3 is 0 Å². The van der Waals surface area contributed by atoms with Gasteiger partial charge in [0, 0.05) is 42.8 Å². The van der Waals surface area contributed by atoms with Crippen LogP contribution in [0.25, 0.3) is 11.3 Å². The molecule has 1 aromatic heterocycles. The minimum Gasteiger partial charge on any atom is -0.369 e. The summed E-state index contributed by atoms with van der Waals surface area (Å²) in [6, 6.07) is 9.63. The fourth-order valence-electron chi connectivity index (χ4n) is 3.51. The minimum atomic E-state index is -0.940. The van der Waals surface area contributed by atoms with Crippen LogP contribution >= 0.6 is 11.3 Å². The van der Waals surface area contributed by atoms with E-state index in [1.807, 2.05) is 6.92 Å². The molecule has 5 nitrogen and oxygen atoms in total. The summed E-state index contributed by atoms with van der Waals surface area (Å²) in [6.45, 7) is 4.71. The number of amides is 1. The lowest BCUT2D eigenvalue weighted by Crippen LogP contribution is -2.52. The van der Waals surface area contributed by atoms with E-state index in [0.29, 0.717) is 29.5 Å². The predicted octanol–water partition coefficient (Wildman–Crippen LogP) is 4.38. The third kappa shape index (κ3) is 4.88. The second kappa shape index (κ2) is 9.07. The number of aromatic nitrogens is 1. The van der Waals surface area contributed by atoms with Crippen LogP contribution in [-0.2, 0) is 4.79 Å². The van der Waals surface area contributed by atoms with Crippen LogP contribution < -0.4 is 10.2 Å². The molecule has 0 bridgehead atoms. The van der Waals surface area contributed by atoms with Gasteiger partial charge in [0.05, 0.1) is 11.7 Å². The zero-order valence-corrected chi connectivity index (χ0v) is 17.6. The summed E-state index contributed by atoms with van der Waals surface area (Å²) in [7, 11) is 0. The molecule has 4 rings (SSSR count). The summed E-state index contributed by atoms with van der Waals surface area (Å²) in [6.07, 6.45) is 0. The van der Waals surface area contributed by atoms with Crippen LogP contribution in [0.3, 0.4) is 0 Å². The summed E-state index contributed by atoms with van der Waals surface area (Å²) < 4.78 is 39.7. The Kier molecular flexibility index (Phi) is 6.24. The summed E-state index contributed by atoms with van der Waals surface area (Å²) in [5.74, 6) is -2.30. The Morgan fingerprint density at radius 2 is 1.74 bits per heavy atom. The van der Waals surface area contributed by atoms with Gasteiger partial charge in [-0.2, -0.15) is 0 Å². The highest BCUT2D eigenvalue weighted by Gasteiger charge is 2.26. The number of halogens is 3. The Labute approximate surface area is 182 Å². The van der Waals surface area contributed by atoms with Gasteiger partial charge in [0.1, 0.15) is 5.82 Å². The van der Waals surface area contributed by atoms with Crippen LogP contribution in [0.1, 0.15) is 6.92 Å². The molecule has 0 spiro atoms. The molecule has 0 saturated carbocycles. The highest BCUT2D eigenvalue weighted by Crippen LogP contribution is 2.26. The second-order valence-corrected chi connectivity index (χ2v) is 8.19. The van der Waals surface area contributed by atoms with Crippen molar-refractivity contribution < 1.29 is 18.0 Å². The number of hydrogen-bond donors (Lipinski definition) is 1. The first-order valence-electron chi connectivity index (χ1n) is 9.87. The molecule has 0 aliphatic carbocycles. The Balaban J connectivity index is 1.33. The molecule has 1 aliphatic heterocycles. The first-order valence-corrected chi connectivity index (χ1v) is 10.7. The number of nitrogens with one attached hydrogen (secondary N) is 1. The molecule has 1 fully saturated rings. The zero-order chi connectivity index (χ0) is 22.0. The van der Waals surface area contributed by atoms with Gasteiger partial charge in [0.15, 0.2) is 16.8 Å². The molecule has 1 saturated heterocycles. The molecular formula is C22H21F3N4OS. The van der Waals surface area contributed by atoms with E-state index in [1.165, 1.54) is 29.5 Å². The van der Waals surface area contributed by atoms with Crippen molar-refractivity contribution in [3.05, 3.63) is 65.3 Å². The molecule has 162 valence electrons. The van der Waals surface area contributed by atoms with Crippen molar-refractivity contribution in [2.45, 2.75) is 13.0 Å². The molecular weight excluding hydrogens is 425 g/mol. The highest BCUT2D eigenvalue weighted by molar-refractivity contribution is 7.14. The molecule has 31 heavy (non-hydrogen) atoms. The van der Waals surface area contributed by atoms with Gasteiger partial charge < -0.3 is 10.2 Å². The Morgan fingerprint density at radius 3 is 2.42 bits per heavy atom. The number of thiazole rings is 1. The van der Waals surface area contributed by atoms with Gasteiger partial charge in [0.25, 0.3) is 0 Å². The standard InChI is InChI=1S/C22H21F3N4OS/c1-14(28-8-10-29(11-9-28)17-5-3-16(23)4-6-17)21(30)27-22-26-20(13-31-22)15-2-7-18(24)19(25)12-15/h2-7,12-14H,8-11H2,1H3,(H,26,27,30). The lowest BCUT2D eigenvalue weighted by molar-refractivity contribution is -0.120. The van der Waals surface area contributed by atoms with Crippen LogP contribution in [-0.4, -0.2) is 48.0 Å². The van der Waals surface area contributed by atoms with E-state index in [1.54, 1.807) is 17.5 Å². The van der Waals surface area contributed by atoms with Gasteiger partial charge in [-0.25, -0.2) is 18.2 Å². The topological polar surface area (TPSA) is 48.5 Å². The van der Waals surface area contributed by atoms with Crippen LogP contribution in [0.2, 0.25) is 0 Å². The number of rotatable bonds is 5. The molecule has 1 unspecified atom stereocenters. The average Bonchev–Trinajstić information content (AvgIpc) is 3.24.